The molecule has 0 aromatic carbocycles. The highest BCUT2D eigenvalue weighted by Crippen LogP contribution is 2.19. The van der Waals surface area contributed by atoms with E-state index >= 15 is 0 Å². The summed E-state index contributed by atoms with van der Waals surface area (Å²) < 4.78 is 5.65. The molecule has 0 saturated heterocycles. The van der Waals surface area contributed by atoms with Gasteiger partial charge in [-0.2, -0.15) is 0 Å². The van der Waals surface area contributed by atoms with Crippen LogP contribution in [0.5, 0.6) is 5.88 Å². The average molecular weight is 222 g/mol. The molecule has 0 spiro atoms. The quantitative estimate of drug-likeness (QED) is 0.770. The Balaban J connectivity index is 2.40. The highest BCUT2D eigenvalue weighted by atomic mass is 16.5. The van der Waals surface area contributed by atoms with Crippen molar-refractivity contribution in [1.29, 1.82) is 0 Å². The second-order valence-electron chi connectivity index (χ2n) is 4.13. The first-order valence-corrected chi connectivity index (χ1v) is 6.11. The molecular formula is C13H22N2O. The van der Waals surface area contributed by atoms with Crippen molar-refractivity contribution in [2.24, 2.45) is 5.92 Å². The second-order valence-corrected chi connectivity index (χ2v) is 4.13. The number of anilines is 1. The molecule has 1 aromatic rings. The van der Waals surface area contributed by atoms with E-state index in [0.717, 1.165) is 13.0 Å². The lowest BCUT2D eigenvalue weighted by atomic mass is 10.0. The van der Waals surface area contributed by atoms with E-state index in [1.165, 1.54) is 19.3 Å². The van der Waals surface area contributed by atoms with Crippen LogP contribution in [0.4, 0.5) is 5.69 Å². The first kappa shape index (κ1) is 12.8. The molecule has 0 aliphatic rings. The zero-order valence-corrected chi connectivity index (χ0v) is 10.3. The van der Waals surface area contributed by atoms with Gasteiger partial charge in [-0.15, -0.1) is 0 Å². The van der Waals surface area contributed by atoms with Gasteiger partial charge < -0.3 is 10.5 Å². The van der Waals surface area contributed by atoms with E-state index in [-0.39, 0.29) is 0 Å². The molecule has 1 heterocycles. The fourth-order valence-corrected chi connectivity index (χ4v) is 1.62. The molecule has 3 heteroatoms. The van der Waals surface area contributed by atoms with Crippen molar-refractivity contribution in [3.05, 3.63) is 18.3 Å². The number of nitrogens with zero attached hydrogens (tertiary/aromatic N) is 1. The maximum Gasteiger partial charge on any atom is 0.237 e. The first-order valence-electron chi connectivity index (χ1n) is 6.11. The number of pyridine rings is 1. The third kappa shape index (κ3) is 4.09. The first-order chi connectivity index (χ1) is 7.77. The maximum atomic E-state index is 5.76. The lowest BCUT2D eigenvalue weighted by Gasteiger charge is -2.15. The summed E-state index contributed by atoms with van der Waals surface area (Å²) in [5.41, 5.74) is 6.38. The van der Waals surface area contributed by atoms with Gasteiger partial charge in [0.15, 0.2) is 0 Å². The van der Waals surface area contributed by atoms with Crippen LogP contribution in [-0.2, 0) is 0 Å². The Morgan fingerprint density at radius 1 is 1.44 bits per heavy atom. The highest BCUT2D eigenvalue weighted by Gasteiger charge is 2.08. The Bertz CT molecular complexity index is 302. The Hall–Kier alpha value is -1.25. The zero-order valence-electron chi connectivity index (χ0n) is 10.3. The van der Waals surface area contributed by atoms with Gasteiger partial charge in [-0.1, -0.05) is 33.1 Å². The van der Waals surface area contributed by atoms with E-state index in [1.54, 1.807) is 6.20 Å². The predicted molar refractivity (Wildman–Crippen MR) is 67.5 cm³/mol. The molecular weight excluding hydrogens is 200 g/mol. The predicted octanol–water partition coefficient (Wildman–Crippen LogP) is 3.26. The van der Waals surface area contributed by atoms with Crippen molar-refractivity contribution >= 4 is 5.69 Å². The zero-order chi connectivity index (χ0) is 11.8. The molecule has 90 valence electrons. The SMILES string of the molecule is CCCCC(CC)COc1ncccc1N. The summed E-state index contributed by atoms with van der Waals surface area (Å²) in [5, 5.41) is 0. The number of unbranched alkanes of at least 4 members (excludes halogenated alkanes) is 1. The summed E-state index contributed by atoms with van der Waals surface area (Å²) in [7, 11) is 0. The molecule has 0 radical (unpaired) electrons. The topological polar surface area (TPSA) is 48.1 Å². The number of rotatable bonds is 7. The molecule has 0 aliphatic heterocycles. The second kappa shape index (κ2) is 7.09. The summed E-state index contributed by atoms with van der Waals surface area (Å²) in [4.78, 5) is 4.12. The van der Waals surface area contributed by atoms with E-state index < -0.39 is 0 Å². The van der Waals surface area contributed by atoms with Gasteiger partial charge in [0.05, 0.1) is 12.3 Å². The Morgan fingerprint density at radius 3 is 2.88 bits per heavy atom. The van der Waals surface area contributed by atoms with E-state index in [1.807, 2.05) is 12.1 Å². The largest absolute Gasteiger partial charge is 0.476 e. The maximum absolute atomic E-state index is 5.76. The van der Waals surface area contributed by atoms with E-state index in [9.17, 15) is 0 Å². The fourth-order valence-electron chi connectivity index (χ4n) is 1.62. The average Bonchev–Trinajstić information content (AvgIpc) is 2.31. The van der Waals surface area contributed by atoms with Crippen LogP contribution < -0.4 is 10.5 Å². The van der Waals surface area contributed by atoms with Crippen LogP contribution in [0.2, 0.25) is 0 Å². The van der Waals surface area contributed by atoms with E-state index in [2.05, 4.69) is 18.8 Å². The van der Waals surface area contributed by atoms with Crippen molar-refractivity contribution in [3.63, 3.8) is 0 Å². The number of aromatic nitrogens is 1. The number of nitrogen functional groups attached to an aromatic ring is 1. The van der Waals surface area contributed by atoms with Crippen LogP contribution in [0.1, 0.15) is 39.5 Å². The Labute approximate surface area is 98.0 Å². The minimum Gasteiger partial charge on any atom is -0.476 e. The fraction of sp³-hybridized carbons (Fsp3) is 0.615. The van der Waals surface area contributed by atoms with Crippen LogP contribution in [0.25, 0.3) is 0 Å². The summed E-state index contributed by atoms with van der Waals surface area (Å²) in [6.45, 7) is 5.13. The molecule has 0 bridgehead atoms. The van der Waals surface area contributed by atoms with Crippen LogP contribution in [0.3, 0.4) is 0 Å². The lowest BCUT2D eigenvalue weighted by Crippen LogP contribution is -2.12. The van der Waals surface area contributed by atoms with Gasteiger partial charge in [-0.25, -0.2) is 4.98 Å². The van der Waals surface area contributed by atoms with Crippen molar-refractivity contribution in [1.82, 2.24) is 4.98 Å². The normalized spacial score (nSPS) is 12.4. The molecule has 1 aromatic heterocycles. The lowest BCUT2D eigenvalue weighted by molar-refractivity contribution is 0.227. The standard InChI is InChI=1S/C13H22N2O/c1-3-5-7-11(4-2)10-16-13-12(14)8-6-9-15-13/h6,8-9,11H,3-5,7,10,14H2,1-2H3. The number of nitrogens with two attached hydrogens (primary N) is 1. The molecule has 0 amide bonds. The molecule has 0 fully saturated rings. The van der Waals surface area contributed by atoms with Crippen LogP contribution in [0, 0.1) is 5.92 Å². The summed E-state index contributed by atoms with van der Waals surface area (Å²) in [5.74, 6) is 1.18. The van der Waals surface area contributed by atoms with Gasteiger partial charge in [-0.3, -0.25) is 0 Å². The van der Waals surface area contributed by atoms with Crippen LogP contribution in [-0.4, -0.2) is 11.6 Å². The minimum atomic E-state index is 0.567. The van der Waals surface area contributed by atoms with Gasteiger partial charge >= 0.3 is 0 Å². The van der Waals surface area contributed by atoms with Crippen molar-refractivity contribution in [2.75, 3.05) is 12.3 Å². The molecule has 0 aliphatic carbocycles. The molecule has 1 unspecified atom stereocenters. The molecule has 2 N–H and O–H groups in total. The summed E-state index contributed by atoms with van der Waals surface area (Å²) in [6.07, 6.45) is 6.58. The van der Waals surface area contributed by atoms with E-state index in [0.29, 0.717) is 17.5 Å². The molecule has 0 saturated carbocycles. The third-order valence-electron chi connectivity index (χ3n) is 2.80. The van der Waals surface area contributed by atoms with Crippen LogP contribution >= 0.6 is 0 Å². The van der Waals surface area contributed by atoms with Crippen molar-refractivity contribution in [3.8, 4) is 5.88 Å². The highest BCUT2D eigenvalue weighted by molar-refractivity contribution is 5.46. The Morgan fingerprint density at radius 2 is 2.25 bits per heavy atom. The van der Waals surface area contributed by atoms with Crippen molar-refractivity contribution < 1.29 is 4.74 Å². The van der Waals surface area contributed by atoms with Gasteiger partial charge in [-0.05, 0) is 24.5 Å². The molecule has 16 heavy (non-hydrogen) atoms. The van der Waals surface area contributed by atoms with Gasteiger partial charge in [0.1, 0.15) is 0 Å². The minimum absolute atomic E-state index is 0.567. The third-order valence-corrected chi connectivity index (χ3v) is 2.80. The smallest absolute Gasteiger partial charge is 0.237 e. The van der Waals surface area contributed by atoms with E-state index in [4.69, 9.17) is 10.5 Å². The summed E-state index contributed by atoms with van der Waals surface area (Å²) >= 11 is 0. The van der Waals surface area contributed by atoms with Gasteiger partial charge in [0, 0.05) is 6.20 Å². The van der Waals surface area contributed by atoms with Crippen LogP contribution in [0.15, 0.2) is 18.3 Å². The van der Waals surface area contributed by atoms with Gasteiger partial charge in [0.2, 0.25) is 5.88 Å². The molecule has 1 atom stereocenters. The van der Waals surface area contributed by atoms with Gasteiger partial charge in [0.25, 0.3) is 0 Å². The monoisotopic (exact) mass is 222 g/mol. The number of ether oxygens (including phenoxy) is 1. The molecule has 1 rings (SSSR count). The molecule has 3 nitrogen and oxygen atoms in total. The number of hydrogen-bond acceptors (Lipinski definition) is 3. The number of hydrogen-bond donors (Lipinski definition) is 1. The Kier molecular flexibility index (Phi) is 5.68. The van der Waals surface area contributed by atoms with Crippen molar-refractivity contribution in [2.45, 2.75) is 39.5 Å². The summed E-state index contributed by atoms with van der Waals surface area (Å²) in [6, 6.07) is 3.63.